The molecule has 0 bridgehead atoms. The highest BCUT2D eigenvalue weighted by atomic mass is 28.4. The van der Waals surface area contributed by atoms with Crippen LogP contribution in [0.25, 0.3) is 10.8 Å². The molecule has 2 aliphatic rings. The van der Waals surface area contributed by atoms with E-state index in [1.165, 1.54) is 15.8 Å². The molecule has 0 radical (unpaired) electrons. The van der Waals surface area contributed by atoms with Crippen LogP contribution in [0.15, 0.2) is 140 Å². The smallest absolute Gasteiger partial charge is 0.318 e. The van der Waals surface area contributed by atoms with Gasteiger partial charge in [0.05, 0.1) is 18.3 Å². The number of anilines is 2. The monoisotopic (exact) mass is 874 g/mol. The van der Waals surface area contributed by atoms with Crippen molar-refractivity contribution in [3.05, 3.63) is 156 Å². The minimum atomic E-state index is -2.77. The van der Waals surface area contributed by atoms with Gasteiger partial charge in [-0.15, -0.1) is 0 Å². The number of hydrogen-bond donors (Lipinski definition) is 0. The number of piperazine rings is 1. The first-order valence-electron chi connectivity index (χ1n) is 22.6. The maximum Gasteiger partial charge on any atom is 0.318 e. The largest absolute Gasteiger partial charge is 0.489 e. The van der Waals surface area contributed by atoms with Crippen molar-refractivity contribution < 1.29 is 18.7 Å². The highest BCUT2D eigenvalue weighted by Gasteiger charge is 2.50. The van der Waals surface area contributed by atoms with Crippen LogP contribution < -0.4 is 29.6 Å². The van der Waals surface area contributed by atoms with E-state index in [9.17, 15) is 4.79 Å². The Hall–Kier alpha value is -6.01. The fraction of sp³-hybridized carbons (Fsp3) is 0.340. The van der Waals surface area contributed by atoms with Crippen LogP contribution in [0.5, 0.6) is 11.8 Å². The van der Waals surface area contributed by atoms with Gasteiger partial charge in [0.15, 0.2) is 0 Å². The molecule has 1 fully saturated rings. The van der Waals surface area contributed by atoms with Gasteiger partial charge in [-0.1, -0.05) is 136 Å². The highest BCUT2D eigenvalue weighted by molar-refractivity contribution is 6.99. The van der Waals surface area contributed by atoms with Gasteiger partial charge in [0.25, 0.3) is 8.32 Å². The van der Waals surface area contributed by atoms with Gasteiger partial charge in [0.2, 0.25) is 0 Å². The van der Waals surface area contributed by atoms with Crippen molar-refractivity contribution in [1.82, 2.24) is 19.8 Å². The number of likely N-dealkylation sites (N-methyl/N-ethyl adjacent to an activating group) is 1. The summed E-state index contributed by atoms with van der Waals surface area (Å²) in [6.07, 6.45) is 5.90. The second kappa shape index (κ2) is 20.2. The van der Waals surface area contributed by atoms with Crippen molar-refractivity contribution in [3.8, 4) is 11.8 Å². The number of aromatic nitrogens is 2. The van der Waals surface area contributed by atoms with Gasteiger partial charge in [-0.05, 0) is 65.4 Å². The average molecular weight is 875 g/mol. The summed E-state index contributed by atoms with van der Waals surface area (Å²) in [5, 5.41) is 4.69. The zero-order valence-corrected chi connectivity index (χ0v) is 39.0. The number of allylic oxidation sites excluding steroid dienone is 1. The molecule has 0 spiro atoms. The summed E-state index contributed by atoms with van der Waals surface area (Å²) in [7, 11) is 1.31. The number of nitrogens with zero attached hydrogens (tertiary/aromatic N) is 6. The van der Waals surface area contributed by atoms with Crippen molar-refractivity contribution in [3.63, 3.8) is 0 Å². The Morgan fingerprint density at radius 3 is 2.17 bits per heavy atom. The average Bonchev–Trinajstić information content (AvgIpc) is 3.31. The SMILES string of the molecule is CN(C)CCOc1nc2c(c(N3CCN(C=CC=O)C[C@H]3CCO[Si](c3ccccc3)(c3ccccc3)C(C)(C)C)n1)CCN(c1cc(OCc3ccccc3)cc3ccccc13)C2. The number of carbonyl (C=O) groups is 1. The summed E-state index contributed by atoms with van der Waals surface area (Å²) < 4.78 is 20.3. The lowest BCUT2D eigenvalue weighted by Crippen LogP contribution is -2.66. The maximum atomic E-state index is 11.5. The first kappa shape index (κ1) is 44.6. The van der Waals surface area contributed by atoms with Gasteiger partial charge >= 0.3 is 6.01 Å². The summed E-state index contributed by atoms with van der Waals surface area (Å²) in [4.78, 5) is 31.2. The third-order valence-corrected chi connectivity index (χ3v) is 17.6. The summed E-state index contributed by atoms with van der Waals surface area (Å²) in [5.74, 6) is 1.77. The molecule has 2 aliphatic heterocycles. The lowest BCUT2D eigenvalue weighted by Gasteiger charge is -2.45. The van der Waals surface area contributed by atoms with Crippen LogP contribution in [-0.4, -0.2) is 100 Å². The van der Waals surface area contributed by atoms with Gasteiger partial charge in [-0.2, -0.15) is 9.97 Å². The van der Waals surface area contributed by atoms with Crippen molar-refractivity contribution >= 4 is 47.3 Å². The van der Waals surface area contributed by atoms with E-state index >= 15 is 0 Å². The normalized spacial score (nSPS) is 15.8. The first-order chi connectivity index (χ1) is 31.1. The fourth-order valence-electron chi connectivity index (χ4n) is 9.37. The molecule has 11 heteroatoms. The summed E-state index contributed by atoms with van der Waals surface area (Å²) in [6.45, 7) is 12.8. The fourth-order valence-corrected chi connectivity index (χ4v) is 14.0. The molecule has 1 aromatic heterocycles. The van der Waals surface area contributed by atoms with E-state index in [0.29, 0.717) is 32.4 Å². The van der Waals surface area contributed by atoms with Crippen LogP contribution in [0.1, 0.15) is 44.0 Å². The van der Waals surface area contributed by atoms with Gasteiger partial charge in [0, 0.05) is 68.2 Å². The lowest BCUT2D eigenvalue weighted by molar-refractivity contribution is -0.104. The van der Waals surface area contributed by atoms with Crippen LogP contribution in [0.4, 0.5) is 11.5 Å². The number of ether oxygens (including phenoxy) is 2. The maximum absolute atomic E-state index is 11.5. The summed E-state index contributed by atoms with van der Waals surface area (Å²) in [5.41, 5.74) is 4.38. The van der Waals surface area contributed by atoms with Gasteiger partial charge in [0.1, 0.15) is 31.1 Å². The second-order valence-electron chi connectivity index (χ2n) is 18.1. The molecule has 64 heavy (non-hydrogen) atoms. The number of benzene rings is 5. The Bertz CT molecular complexity index is 2460. The molecule has 1 atom stereocenters. The van der Waals surface area contributed by atoms with Crippen molar-refractivity contribution in [2.75, 3.05) is 69.8 Å². The van der Waals surface area contributed by atoms with Crippen LogP contribution >= 0.6 is 0 Å². The zero-order valence-electron chi connectivity index (χ0n) is 38.0. The third kappa shape index (κ3) is 10.0. The van der Waals surface area contributed by atoms with Gasteiger partial charge in [-0.25, -0.2) is 0 Å². The van der Waals surface area contributed by atoms with E-state index in [1.807, 2.05) is 38.5 Å². The third-order valence-electron chi connectivity index (χ3n) is 12.5. The molecule has 0 N–H and O–H groups in total. The Kier molecular flexibility index (Phi) is 14.1. The number of aldehydes is 1. The van der Waals surface area contributed by atoms with E-state index < -0.39 is 8.32 Å². The van der Waals surface area contributed by atoms with Crippen LogP contribution in [0.2, 0.25) is 5.04 Å². The molecule has 1 saturated heterocycles. The van der Waals surface area contributed by atoms with Crippen LogP contribution in [0, 0.1) is 0 Å². The molecule has 0 saturated carbocycles. The molecule has 0 unspecified atom stereocenters. The van der Waals surface area contributed by atoms with Gasteiger partial charge < -0.3 is 33.5 Å². The van der Waals surface area contributed by atoms with E-state index in [2.05, 4.69) is 150 Å². The van der Waals surface area contributed by atoms with Gasteiger partial charge in [-0.3, -0.25) is 4.79 Å². The van der Waals surface area contributed by atoms with E-state index in [-0.39, 0.29) is 11.1 Å². The predicted octanol–water partition coefficient (Wildman–Crippen LogP) is 7.88. The molecule has 0 amide bonds. The van der Waals surface area contributed by atoms with Crippen molar-refractivity contribution in [2.45, 2.75) is 57.8 Å². The predicted molar refractivity (Wildman–Crippen MR) is 262 cm³/mol. The standard InChI is InChI=1S/C53H62N6O4Si/c1-53(2,3)64(45-21-11-7-12-22-45,46-23-13-8-14-24-46)63-34-27-43-38-57(28-17-33-60)30-31-59(43)51-48-26-29-58(39-49(48)54-52(55-51)61-35-32-56(4)5)50-37-44(36-42-20-15-16-25-47(42)50)62-40-41-18-9-6-10-19-41/h6-25,28,33,36-37,43H,26-27,29-32,34-35,38-40H2,1-5H3/t43-/m1/s1. The first-order valence-corrected chi connectivity index (χ1v) is 24.5. The molecule has 332 valence electrons. The molecule has 0 aliphatic carbocycles. The molecule has 5 aromatic carbocycles. The van der Waals surface area contributed by atoms with Crippen LogP contribution in [-0.2, 0) is 28.8 Å². The quantitative estimate of drug-likeness (QED) is 0.0513. The second-order valence-corrected chi connectivity index (χ2v) is 22.4. The minimum absolute atomic E-state index is 0.0392. The topological polar surface area (TPSA) is 83.5 Å². The highest BCUT2D eigenvalue weighted by Crippen LogP contribution is 2.39. The molecule has 10 nitrogen and oxygen atoms in total. The zero-order chi connectivity index (χ0) is 44.5. The van der Waals surface area contributed by atoms with E-state index in [1.54, 1.807) is 6.08 Å². The Morgan fingerprint density at radius 1 is 0.797 bits per heavy atom. The summed E-state index contributed by atoms with van der Waals surface area (Å²) in [6, 6.07) is 45.3. The molecular weight excluding hydrogens is 813 g/mol. The number of carbonyl (C=O) groups excluding carboxylic acids is 1. The Labute approximate surface area is 380 Å². The Morgan fingerprint density at radius 2 is 1.48 bits per heavy atom. The van der Waals surface area contributed by atoms with Crippen LogP contribution in [0.3, 0.4) is 0 Å². The lowest BCUT2D eigenvalue weighted by atomic mass is 10.0. The van der Waals surface area contributed by atoms with E-state index in [4.69, 9.17) is 23.9 Å². The van der Waals surface area contributed by atoms with Crippen molar-refractivity contribution in [1.29, 1.82) is 0 Å². The number of rotatable bonds is 17. The Balaban J connectivity index is 1.13. The van der Waals surface area contributed by atoms with E-state index in [0.717, 1.165) is 91.3 Å². The van der Waals surface area contributed by atoms with Crippen molar-refractivity contribution in [2.24, 2.45) is 0 Å². The molecule has 8 rings (SSSR count). The molecular formula is C53H62N6O4Si. The summed E-state index contributed by atoms with van der Waals surface area (Å²) >= 11 is 0. The minimum Gasteiger partial charge on any atom is -0.489 e. The number of hydrogen-bond acceptors (Lipinski definition) is 10. The molecule has 6 aromatic rings. The molecule has 3 heterocycles. The number of fused-ring (bicyclic) bond motifs is 2.